The smallest absolute Gasteiger partial charge is 0.251 e. The number of nitrogens with zero attached hydrogens (tertiary/aromatic N) is 1. The maximum absolute atomic E-state index is 12.4. The van der Waals surface area contributed by atoms with E-state index in [-0.39, 0.29) is 17.7 Å². The summed E-state index contributed by atoms with van der Waals surface area (Å²) in [6.45, 7) is 3.25. The number of phenols is 1. The van der Waals surface area contributed by atoms with E-state index >= 15 is 0 Å². The van der Waals surface area contributed by atoms with Crippen LogP contribution in [0.3, 0.4) is 0 Å². The van der Waals surface area contributed by atoms with Crippen LogP contribution < -0.4 is 10.1 Å². The van der Waals surface area contributed by atoms with Gasteiger partial charge in [0.25, 0.3) is 5.91 Å². The summed E-state index contributed by atoms with van der Waals surface area (Å²) in [5.41, 5.74) is 0.644. The minimum absolute atomic E-state index is 0.0232. The summed E-state index contributed by atoms with van der Waals surface area (Å²) >= 11 is 0. The van der Waals surface area contributed by atoms with Crippen LogP contribution >= 0.6 is 0 Å². The molecule has 124 valence electrons. The lowest BCUT2D eigenvalue weighted by molar-refractivity contribution is 0.0924. The average molecular weight is 324 g/mol. The maximum Gasteiger partial charge on any atom is 0.251 e. The van der Waals surface area contributed by atoms with Crippen LogP contribution in [0.4, 0.5) is 0 Å². The molecule has 1 amide bonds. The van der Waals surface area contributed by atoms with Crippen LogP contribution in [0.2, 0.25) is 0 Å². The Kier molecular flexibility index (Phi) is 3.86. The van der Waals surface area contributed by atoms with Gasteiger partial charge in [0.15, 0.2) is 0 Å². The predicted molar refractivity (Wildman–Crippen MR) is 90.4 cm³/mol. The number of fused-ring (bicyclic) bond motifs is 2. The van der Waals surface area contributed by atoms with Crippen LogP contribution in [-0.4, -0.2) is 41.6 Å². The molecule has 0 saturated carbocycles. The third kappa shape index (κ3) is 3.08. The van der Waals surface area contributed by atoms with Crippen molar-refractivity contribution < 1.29 is 14.6 Å². The van der Waals surface area contributed by atoms with Gasteiger partial charge < -0.3 is 20.1 Å². The molecule has 0 aliphatic carbocycles. The van der Waals surface area contributed by atoms with Gasteiger partial charge in [0.1, 0.15) is 17.2 Å². The van der Waals surface area contributed by atoms with E-state index in [1.807, 2.05) is 0 Å². The van der Waals surface area contributed by atoms with Gasteiger partial charge in [0.05, 0.1) is 0 Å². The highest BCUT2D eigenvalue weighted by Gasteiger charge is 2.38. The van der Waals surface area contributed by atoms with Crippen molar-refractivity contribution in [1.82, 2.24) is 10.2 Å². The van der Waals surface area contributed by atoms with Crippen LogP contribution in [0.25, 0.3) is 0 Å². The molecular formula is C19H20N2O3. The zero-order chi connectivity index (χ0) is 16.5. The van der Waals surface area contributed by atoms with E-state index in [1.165, 1.54) is 13.0 Å². The molecular weight excluding hydrogens is 304 g/mol. The number of phenolic OH excluding ortho intramolecular Hbond substituents is 1. The number of nitrogens with one attached hydrogen (secondary N) is 1. The largest absolute Gasteiger partial charge is 0.508 e. The summed E-state index contributed by atoms with van der Waals surface area (Å²) in [4.78, 5) is 14.8. The molecule has 0 spiro atoms. The van der Waals surface area contributed by atoms with Gasteiger partial charge in [-0.05, 0) is 67.4 Å². The Morgan fingerprint density at radius 1 is 1.04 bits per heavy atom. The zero-order valence-corrected chi connectivity index (χ0v) is 13.3. The van der Waals surface area contributed by atoms with Gasteiger partial charge in [-0.25, -0.2) is 0 Å². The first-order chi connectivity index (χ1) is 11.7. The Balaban J connectivity index is 1.38. The standard InChI is InChI=1S/C19H20N2O3/c22-15-3-7-17(8-4-15)24-16-5-1-13(2-6-16)19(23)20-18-12-21-10-9-14(18)11-21/h1-8,14,18,22H,9-12H2,(H,20,23)/t14-,18?/m0/s1. The number of aromatic hydroxyl groups is 1. The number of piperidine rings is 1. The molecule has 2 saturated heterocycles. The molecule has 2 bridgehead atoms. The van der Waals surface area contributed by atoms with E-state index in [2.05, 4.69) is 10.2 Å². The fourth-order valence-electron chi connectivity index (χ4n) is 3.52. The first-order valence-electron chi connectivity index (χ1n) is 8.27. The van der Waals surface area contributed by atoms with Crippen molar-refractivity contribution in [2.75, 3.05) is 19.6 Å². The Labute approximate surface area is 140 Å². The van der Waals surface area contributed by atoms with Gasteiger partial charge in [0, 0.05) is 24.7 Å². The van der Waals surface area contributed by atoms with Crippen molar-refractivity contribution in [3.8, 4) is 17.2 Å². The Morgan fingerprint density at radius 3 is 2.29 bits per heavy atom. The fourth-order valence-corrected chi connectivity index (χ4v) is 3.52. The van der Waals surface area contributed by atoms with Crippen molar-refractivity contribution in [2.24, 2.45) is 5.92 Å². The molecule has 2 aromatic carbocycles. The highest BCUT2D eigenvalue weighted by Crippen LogP contribution is 2.28. The van der Waals surface area contributed by atoms with E-state index in [4.69, 9.17) is 4.74 Å². The first kappa shape index (κ1) is 15.0. The number of benzene rings is 2. The Hall–Kier alpha value is -2.53. The summed E-state index contributed by atoms with van der Waals surface area (Å²) in [5, 5.41) is 12.4. The highest BCUT2D eigenvalue weighted by atomic mass is 16.5. The van der Waals surface area contributed by atoms with Crippen molar-refractivity contribution in [1.29, 1.82) is 0 Å². The molecule has 5 nitrogen and oxygen atoms in total. The van der Waals surface area contributed by atoms with E-state index in [0.29, 0.717) is 23.0 Å². The predicted octanol–water partition coefficient (Wildman–Crippen LogP) is 2.62. The van der Waals surface area contributed by atoms with Crippen molar-refractivity contribution >= 4 is 5.91 Å². The molecule has 2 fully saturated rings. The number of carbonyl (C=O) groups excluding carboxylic acids is 1. The molecule has 4 rings (SSSR count). The molecule has 2 N–H and O–H groups in total. The van der Waals surface area contributed by atoms with Crippen molar-refractivity contribution in [3.05, 3.63) is 54.1 Å². The lowest BCUT2D eigenvalue weighted by Gasteiger charge is -2.23. The highest BCUT2D eigenvalue weighted by molar-refractivity contribution is 5.94. The molecule has 0 radical (unpaired) electrons. The first-order valence-corrected chi connectivity index (χ1v) is 8.27. The second-order valence-electron chi connectivity index (χ2n) is 6.51. The van der Waals surface area contributed by atoms with Crippen LogP contribution in [0.1, 0.15) is 16.8 Å². The van der Waals surface area contributed by atoms with Crippen LogP contribution in [0.15, 0.2) is 48.5 Å². The van der Waals surface area contributed by atoms with Crippen molar-refractivity contribution in [3.63, 3.8) is 0 Å². The lowest BCUT2D eigenvalue weighted by atomic mass is 9.99. The summed E-state index contributed by atoms with van der Waals surface area (Å²) in [6.07, 6.45) is 1.18. The minimum atomic E-state index is -0.0232. The molecule has 24 heavy (non-hydrogen) atoms. The molecule has 2 aliphatic rings. The van der Waals surface area contributed by atoms with Gasteiger partial charge >= 0.3 is 0 Å². The lowest BCUT2D eigenvalue weighted by Crippen LogP contribution is -2.43. The monoisotopic (exact) mass is 324 g/mol. The van der Waals surface area contributed by atoms with Gasteiger partial charge in [-0.1, -0.05) is 0 Å². The maximum atomic E-state index is 12.4. The van der Waals surface area contributed by atoms with E-state index < -0.39 is 0 Å². The SMILES string of the molecule is O=C(NC1CN2CC[C@H]1C2)c1ccc(Oc2ccc(O)cc2)cc1. The summed E-state index contributed by atoms with van der Waals surface area (Å²) < 4.78 is 5.69. The van der Waals surface area contributed by atoms with Crippen LogP contribution in [0, 0.1) is 5.92 Å². The molecule has 2 aromatic rings. The van der Waals surface area contributed by atoms with E-state index in [9.17, 15) is 9.90 Å². The number of hydrogen-bond donors (Lipinski definition) is 2. The Bertz CT molecular complexity index is 727. The van der Waals surface area contributed by atoms with Crippen LogP contribution in [-0.2, 0) is 0 Å². The summed E-state index contributed by atoms with van der Waals surface area (Å²) in [6, 6.07) is 13.9. The van der Waals surface area contributed by atoms with Crippen LogP contribution in [0.5, 0.6) is 17.2 Å². The fraction of sp³-hybridized carbons (Fsp3) is 0.316. The number of carbonyl (C=O) groups is 1. The second kappa shape index (κ2) is 6.17. The normalized spacial score (nSPS) is 24.8. The molecule has 2 aliphatic heterocycles. The number of ether oxygens (including phenoxy) is 1. The van der Waals surface area contributed by atoms with Crippen molar-refractivity contribution in [2.45, 2.75) is 12.5 Å². The third-order valence-electron chi connectivity index (χ3n) is 4.84. The number of rotatable bonds is 4. The van der Waals surface area contributed by atoms with E-state index in [1.54, 1.807) is 48.5 Å². The molecule has 5 heteroatoms. The quantitative estimate of drug-likeness (QED) is 0.907. The number of hydrogen-bond acceptors (Lipinski definition) is 4. The molecule has 2 unspecified atom stereocenters. The second-order valence-corrected chi connectivity index (χ2v) is 6.51. The Morgan fingerprint density at radius 2 is 1.71 bits per heavy atom. The number of amides is 1. The summed E-state index contributed by atoms with van der Waals surface area (Å²) in [5.74, 6) is 2.08. The third-order valence-corrected chi connectivity index (χ3v) is 4.84. The van der Waals surface area contributed by atoms with Gasteiger partial charge in [-0.3, -0.25) is 4.79 Å². The topological polar surface area (TPSA) is 61.8 Å². The molecule has 3 atom stereocenters. The van der Waals surface area contributed by atoms with E-state index in [0.717, 1.165) is 13.1 Å². The minimum Gasteiger partial charge on any atom is -0.508 e. The van der Waals surface area contributed by atoms with Gasteiger partial charge in [-0.15, -0.1) is 0 Å². The van der Waals surface area contributed by atoms with Gasteiger partial charge in [0.2, 0.25) is 0 Å². The molecule has 0 aromatic heterocycles. The zero-order valence-electron chi connectivity index (χ0n) is 13.3. The molecule has 2 heterocycles. The van der Waals surface area contributed by atoms with Gasteiger partial charge in [-0.2, -0.15) is 0 Å². The summed E-state index contributed by atoms with van der Waals surface area (Å²) in [7, 11) is 0. The average Bonchev–Trinajstić information content (AvgIpc) is 3.20.